The molecule has 0 fully saturated rings. The number of halogens is 4. The average molecular weight is 331 g/mol. The van der Waals surface area contributed by atoms with Gasteiger partial charge < -0.3 is 4.98 Å². The van der Waals surface area contributed by atoms with Gasteiger partial charge in [0.15, 0.2) is 16.4 Å². The second kappa shape index (κ2) is 4.84. The lowest BCUT2D eigenvalue weighted by atomic mass is 10.2. The Bertz CT molecular complexity index is 866. The number of nitrogens with one attached hydrogen (secondary N) is 1. The van der Waals surface area contributed by atoms with Crippen molar-refractivity contribution in [3.63, 3.8) is 0 Å². The van der Waals surface area contributed by atoms with Crippen molar-refractivity contribution in [2.24, 2.45) is 0 Å². The van der Waals surface area contributed by atoms with E-state index in [4.69, 9.17) is 35.4 Å². The molecule has 20 heavy (non-hydrogen) atoms. The molecule has 3 rings (SSSR count). The maximum absolute atomic E-state index is 14.0. The number of aromatic nitrogens is 2. The molecule has 0 radical (unpaired) electrons. The Balaban J connectivity index is 2.44. The van der Waals surface area contributed by atoms with Crippen LogP contribution in [0.1, 0.15) is 0 Å². The summed E-state index contributed by atoms with van der Waals surface area (Å²) in [6, 6.07) is 7.15. The van der Waals surface area contributed by atoms with Crippen LogP contribution in [0.5, 0.6) is 0 Å². The van der Waals surface area contributed by atoms with Crippen molar-refractivity contribution < 1.29 is 8.78 Å². The van der Waals surface area contributed by atoms with Gasteiger partial charge in [-0.2, -0.15) is 0 Å². The fourth-order valence-corrected chi connectivity index (χ4v) is 2.87. The Morgan fingerprint density at radius 1 is 1.05 bits per heavy atom. The Kier molecular flexibility index (Phi) is 3.28. The molecule has 1 N–H and O–H groups in total. The van der Waals surface area contributed by atoms with Crippen molar-refractivity contribution in [1.82, 2.24) is 9.55 Å². The first kappa shape index (κ1) is 13.5. The van der Waals surface area contributed by atoms with E-state index in [1.807, 2.05) is 0 Å². The van der Waals surface area contributed by atoms with Crippen LogP contribution in [0.3, 0.4) is 0 Å². The molecule has 1 aromatic heterocycles. The lowest BCUT2D eigenvalue weighted by molar-refractivity contribution is 0.514. The van der Waals surface area contributed by atoms with Crippen LogP contribution in [0.15, 0.2) is 30.3 Å². The summed E-state index contributed by atoms with van der Waals surface area (Å²) < 4.78 is 29.0. The zero-order valence-corrected chi connectivity index (χ0v) is 12.1. The van der Waals surface area contributed by atoms with Crippen LogP contribution in [0.2, 0.25) is 10.0 Å². The number of hydrogen-bond donors (Lipinski definition) is 1. The molecule has 0 bridgehead atoms. The van der Waals surface area contributed by atoms with E-state index in [9.17, 15) is 8.78 Å². The van der Waals surface area contributed by atoms with Gasteiger partial charge in [0.1, 0.15) is 5.52 Å². The van der Waals surface area contributed by atoms with Gasteiger partial charge in [0.25, 0.3) is 0 Å². The molecule has 0 aliphatic carbocycles. The predicted octanol–water partition coefficient (Wildman–Crippen LogP) is 5.27. The zero-order valence-electron chi connectivity index (χ0n) is 9.75. The van der Waals surface area contributed by atoms with Crippen LogP contribution in [0.4, 0.5) is 8.78 Å². The fraction of sp³-hybridized carbons (Fsp3) is 0. The molecule has 0 saturated heterocycles. The van der Waals surface area contributed by atoms with Gasteiger partial charge in [-0.05, 0) is 42.5 Å². The van der Waals surface area contributed by atoms with Crippen molar-refractivity contribution in [1.29, 1.82) is 0 Å². The monoisotopic (exact) mass is 330 g/mol. The Morgan fingerprint density at radius 2 is 1.70 bits per heavy atom. The van der Waals surface area contributed by atoms with Crippen LogP contribution in [0.25, 0.3) is 16.7 Å². The molecule has 102 valence electrons. The number of aromatic amines is 1. The Hall–Kier alpha value is -1.43. The van der Waals surface area contributed by atoms with E-state index in [0.717, 1.165) is 6.07 Å². The number of hydrogen-bond acceptors (Lipinski definition) is 1. The van der Waals surface area contributed by atoms with Gasteiger partial charge >= 0.3 is 0 Å². The van der Waals surface area contributed by atoms with E-state index in [0.29, 0.717) is 21.2 Å². The van der Waals surface area contributed by atoms with Crippen LogP contribution in [0, 0.1) is 16.4 Å². The highest BCUT2D eigenvalue weighted by molar-refractivity contribution is 7.71. The van der Waals surface area contributed by atoms with Crippen molar-refractivity contribution in [2.75, 3.05) is 0 Å². The van der Waals surface area contributed by atoms with E-state index >= 15 is 0 Å². The van der Waals surface area contributed by atoms with Gasteiger partial charge in [0, 0.05) is 10.0 Å². The van der Waals surface area contributed by atoms with Crippen LogP contribution in [-0.4, -0.2) is 9.55 Å². The first-order valence-electron chi connectivity index (χ1n) is 5.52. The summed E-state index contributed by atoms with van der Waals surface area (Å²) in [5, 5.41) is 0.751. The fourth-order valence-electron chi connectivity index (χ4n) is 2.05. The highest BCUT2D eigenvalue weighted by Gasteiger charge is 2.15. The summed E-state index contributed by atoms with van der Waals surface area (Å²) in [6.07, 6.45) is 0. The maximum Gasteiger partial charge on any atom is 0.184 e. The Labute approximate surface area is 127 Å². The van der Waals surface area contributed by atoms with Gasteiger partial charge in [0.05, 0.1) is 11.2 Å². The van der Waals surface area contributed by atoms with Crippen LogP contribution >= 0.6 is 35.4 Å². The summed E-state index contributed by atoms with van der Waals surface area (Å²) in [5.41, 5.74) is 0.876. The molecule has 7 heteroatoms. The molecule has 0 aliphatic rings. The predicted molar refractivity (Wildman–Crippen MR) is 78.4 cm³/mol. The SMILES string of the molecule is Fc1ccc2[nH]c(=S)n(-c3cc(Cl)cc(Cl)c3)c2c1F. The molecule has 0 atom stereocenters. The van der Waals surface area contributed by atoms with Gasteiger partial charge in [-0.25, -0.2) is 8.78 Å². The molecule has 2 aromatic carbocycles. The average Bonchev–Trinajstić information content (AvgIpc) is 2.70. The third kappa shape index (κ3) is 2.12. The van der Waals surface area contributed by atoms with E-state index in [-0.39, 0.29) is 10.3 Å². The normalized spacial score (nSPS) is 11.2. The first-order valence-corrected chi connectivity index (χ1v) is 6.69. The zero-order chi connectivity index (χ0) is 14.4. The van der Waals surface area contributed by atoms with Crippen molar-refractivity contribution in [3.05, 3.63) is 56.8 Å². The first-order chi connectivity index (χ1) is 9.47. The standard InChI is InChI=1S/C13H6Cl2F2N2S/c14-6-3-7(15)5-8(4-6)19-12-10(18-13(19)20)2-1-9(16)11(12)17/h1-5H,(H,18,20). The third-order valence-corrected chi connectivity index (χ3v) is 3.56. The van der Waals surface area contributed by atoms with Gasteiger partial charge in [-0.3, -0.25) is 4.57 Å². The third-order valence-electron chi connectivity index (χ3n) is 2.84. The van der Waals surface area contributed by atoms with Gasteiger partial charge in [-0.15, -0.1) is 0 Å². The van der Waals surface area contributed by atoms with E-state index in [2.05, 4.69) is 4.98 Å². The highest BCUT2D eigenvalue weighted by atomic mass is 35.5. The molecule has 3 aromatic rings. The topological polar surface area (TPSA) is 20.7 Å². The summed E-state index contributed by atoms with van der Waals surface area (Å²) in [4.78, 5) is 2.82. The minimum absolute atomic E-state index is 0.0216. The molecule has 2 nitrogen and oxygen atoms in total. The number of benzene rings is 2. The lowest BCUT2D eigenvalue weighted by Crippen LogP contribution is -1.97. The van der Waals surface area contributed by atoms with Crippen LogP contribution < -0.4 is 0 Å². The summed E-state index contributed by atoms with van der Waals surface area (Å²) >= 11 is 17.0. The van der Waals surface area contributed by atoms with E-state index in [1.54, 1.807) is 18.2 Å². The molecule has 0 unspecified atom stereocenters. The highest BCUT2D eigenvalue weighted by Crippen LogP contribution is 2.27. The number of H-pyrrole nitrogens is 1. The number of nitrogens with zero attached hydrogens (tertiary/aromatic N) is 1. The largest absolute Gasteiger partial charge is 0.330 e. The summed E-state index contributed by atoms with van der Waals surface area (Å²) in [6.45, 7) is 0. The van der Waals surface area contributed by atoms with Crippen molar-refractivity contribution in [2.45, 2.75) is 0 Å². The van der Waals surface area contributed by atoms with Crippen molar-refractivity contribution >= 4 is 46.5 Å². The quantitative estimate of drug-likeness (QED) is 0.602. The maximum atomic E-state index is 14.0. The summed E-state index contributed by atoms with van der Waals surface area (Å²) in [7, 11) is 0. The van der Waals surface area contributed by atoms with Gasteiger partial charge in [0.2, 0.25) is 0 Å². The molecule has 1 heterocycles. The second-order valence-corrected chi connectivity index (χ2v) is 5.41. The van der Waals surface area contributed by atoms with Crippen LogP contribution in [-0.2, 0) is 0 Å². The summed E-state index contributed by atoms with van der Waals surface area (Å²) in [5.74, 6) is -1.93. The van der Waals surface area contributed by atoms with E-state index in [1.165, 1.54) is 10.6 Å². The minimum atomic E-state index is -0.981. The number of rotatable bonds is 1. The molecular formula is C13H6Cl2F2N2S. The molecule has 0 spiro atoms. The van der Waals surface area contributed by atoms with Gasteiger partial charge in [-0.1, -0.05) is 23.2 Å². The lowest BCUT2D eigenvalue weighted by Gasteiger charge is -2.07. The number of fused-ring (bicyclic) bond motifs is 1. The molecular weight excluding hydrogens is 325 g/mol. The second-order valence-electron chi connectivity index (χ2n) is 4.15. The van der Waals surface area contributed by atoms with E-state index < -0.39 is 11.6 Å². The Morgan fingerprint density at radius 3 is 2.35 bits per heavy atom. The molecule has 0 aliphatic heterocycles. The molecule has 0 amide bonds. The van der Waals surface area contributed by atoms with Crippen molar-refractivity contribution in [3.8, 4) is 5.69 Å². The smallest absolute Gasteiger partial charge is 0.184 e. The molecule has 0 saturated carbocycles. The minimum Gasteiger partial charge on any atom is -0.330 e. The number of imidazole rings is 1.